The second kappa shape index (κ2) is 7.03. The van der Waals surface area contributed by atoms with Crippen LogP contribution in [0.25, 0.3) is 6.08 Å². The molecule has 112 valence electrons. The summed E-state index contributed by atoms with van der Waals surface area (Å²) in [6, 6.07) is 7.54. The number of phenolic OH excluding ortho intramolecular Hbond substituents is 1. The Morgan fingerprint density at radius 3 is 2.73 bits per heavy atom. The van der Waals surface area contributed by atoms with Crippen molar-refractivity contribution < 1.29 is 24.5 Å². The number of carbonyl (C=O) groups excluding carboxylic acids is 1. The standard InChI is InChI=1S/C16H13NO5/c18-14(6-3-11-2-1-7-17-9-11)13-5-4-12(8-15(13)19)22-10-16(20)21/h1-9,19H,10H2,(H,20,21)/b6-3+. The molecule has 0 amide bonds. The minimum atomic E-state index is -1.13. The van der Waals surface area contributed by atoms with Crippen molar-refractivity contribution in [2.45, 2.75) is 0 Å². The fraction of sp³-hybridized carbons (Fsp3) is 0.0625. The number of benzene rings is 1. The first-order chi connectivity index (χ1) is 10.6. The molecule has 0 aliphatic heterocycles. The van der Waals surface area contributed by atoms with Crippen molar-refractivity contribution >= 4 is 17.8 Å². The second-order valence-corrected chi connectivity index (χ2v) is 4.35. The number of nitrogens with zero attached hydrogens (tertiary/aromatic N) is 1. The number of ketones is 1. The number of carboxylic acid groups (broad SMARTS) is 1. The van der Waals surface area contributed by atoms with E-state index in [0.29, 0.717) is 0 Å². The third-order valence-electron chi connectivity index (χ3n) is 2.71. The normalized spacial score (nSPS) is 10.5. The molecule has 0 fully saturated rings. The van der Waals surface area contributed by atoms with E-state index in [4.69, 9.17) is 9.84 Å². The fourth-order valence-electron chi connectivity index (χ4n) is 1.69. The Hall–Kier alpha value is -3.15. The van der Waals surface area contributed by atoms with Gasteiger partial charge in [0.2, 0.25) is 0 Å². The molecule has 0 aliphatic rings. The van der Waals surface area contributed by atoms with Gasteiger partial charge in [-0.3, -0.25) is 9.78 Å². The Bertz CT molecular complexity index is 710. The number of aromatic hydroxyl groups is 1. The molecule has 0 atom stereocenters. The zero-order chi connectivity index (χ0) is 15.9. The van der Waals surface area contributed by atoms with Gasteiger partial charge in [0, 0.05) is 18.5 Å². The highest BCUT2D eigenvalue weighted by molar-refractivity contribution is 6.08. The van der Waals surface area contributed by atoms with Crippen molar-refractivity contribution in [1.29, 1.82) is 0 Å². The number of carbonyl (C=O) groups is 2. The Morgan fingerprint density at radius 1 is 1.27 bits per heavy atom. The minimum absolute atomic E-state index is 0.0998. The molecule has 2 rings (SSSR count). The topological polar surface area (TPSA) is 96.7 Å². The van der Waals surface area contributed by atoms with E-state index < -0.39 is 12.6 Å². The van der Waals surface area contributed by atoms with Gasteiger partial charge in [0.15, 0.2) is 12.4 Å². The Kier molecular flexibility index (Phi) is 4.87. The quantitative estimate of drug-likeness (QED) is 0.626. The molecule has 0 aliphatic carbocycles. The van der Waals surface area contributed by atoms with Gasteiger partial charge in [0.25, 0.3) is 0 Å². The molecule has 0 radical (unpaired) electrons. The molecule has 6 nitrogen and oxygen atoms in total. The molecule has 0 saturated carbocycles. The number of rotatable bonds is 6. The molecule has 0 saturated heterocycles. The van der Waals surface area contributed by atoms with Gasteiger partial charge < -0.3 is 14.9 Å². The van der Waals surface area contributed by atoms with Crippen LogP contribution in [-0.2, 0) is 4.79 Å². The summed E-state index contributed by atoms with van der Waals surface area (Å²) in [5, 5.41) is 18.3. The van der Waals surface area contributed by atoms with Gasteiger partial charge in [-0.1, -0.05) is 6.07 Å². The summed E-state index contributed by atoms with van der Waals surface area (Å²) < 4.78 is 4.92. The highest BCUT2D eigenvalue weighted by atomic mass is 16.5. The first-order valence-electron chi connectivity index (χ1n) is 6.36. The summed E-state index contributed by atoms with van der Waals surface area (Å²) in [4.78, 5) is 26.3. The van der Waals surface area contributed by atoms with Crippen molar-refractivity contribution in [3.63, 3.8) is 0 Å². The SMILES string of the molecule is O=C(O)COc1ccc(C(=O)/C=C/c2cccnc2)c(O)c1. The minimum Gasteiger partial charge on any atom is -0.507 e. The van der Waals surface area contributed by atoms with Crippen LogP contribution in [0.15, 0.2) is 48.8 Å². The lowest BCUT2D eigenvalue weighted by atomic mass is 10.1. The lowest BCUT2D eigenvalue weighted by molar-refractivity contribution is -0.139. The van der Waals surface area contributed by atoms with E-state index in [1.807, 2.05) is 0 Å². The average Bonchev–Trinajstić information content (AvgIpc) is 2.51. The number of allylic oxidation sites excluding steroid dienone is 1. The van der Waals surface area contributed by atoms with Crippen LogP contribution < -0.4 is 4.74 Å². The highest BCUT2D eigenvalue weighted by Gasteiger charge is 2.10. The lowest BCUT2D eigenvalue weighted by Gasteiger charge is -2.06. The molecule has 1 aromatic carbocycles. The molecule has 1 aromatic heterocycles. The van der Waals surface area contributed by atoms with Gasteiger partial charge in [0.1, 0.15) is 11.5 Å². The molecule has 0 unspecified atom stereocenters. The van der Waals surface area contributed by atoms with E-state index >= 15 is 0 Å². The molecule has 2 aromatic rings. The smallest absolute Gasteiger partial charge is 0.341 e. The van der Waals surface area contributed by atoms with E-state index in [2.05, 4.69) is 4.98 Å². The van der Waals surface area contributed by atoms with Gasteiger partial charge in [-0.25, -0.2) is 4.79 Å². The zero-order valence-electron chi connectivity index (χ0n) is 11.5. The number of pyridine rings is 1. The maximum Gasteiger partial charge on any atom is 0.341 e. The maximum absolute atomic E-state index is 12.0. The third kappa shape index (κ3) is 4.17. The molecule has 0 bridgehead atoms. The van der Waals surface area contributed by atoms with E-state index in [9.17, 15) is 14.7 Å². The van der Waals surface area contributed by atoms with E-state index in [1.54, 1.807) is 30.6 Å². The van der Waals surface area contributed by atoms with Crippen molar-refractivity contribution in [1.82, 2.24) is 4.98 Å². The van der Waals surface area contributed by atoms with Crippen molar-refractivity contribution in [3.05, 3.63) is 59.9 Å². The highest BCUT2D eigenvalue weighted by Crippen LogP contribution is 2.24. The summed E-state index contributed by atoms with van der Waals surface area (Å²) >= 11 is 0. The van der Waals surface area contributed by atoms with E-state index in [0.717, 1.165) is 5.56 Å². The van der Waals surface area contributed by atoms with Crippen LogP contribution >= 0.6 is 0 Å². The van der Waals surface area contributed by atoms with Crippen LogP contribution in [0, 0.1) is 0 Å². The first kappa shape index (κ1) is 15.2. The van der Waals surface area contributed by atoms with Crippen LogP contribution in [0.3, 0.4) is 0 Å². The molecule has 2 N–H and O–H groups in total. The van der Waals surface area contributed by atoms with Gasteiger partial charge in [0.05, 0.1) is 5.56 Å². The summed E-state index contributed by atoms with van der Waals surface area (Å²) in [6.45, 7) is -0.520. The molecule has 0 spiro atoms. The number of aromatic nitrogens is 1. The second-order valence-electron chi connectivity index (χ2n) is 4.35. The Balaban J connectivity index is 2.10. The molecule has 1 heterocycles. The van der Waals surface area contributed by atoms with Crippen LogP contribution in [0.1, 0.15) is 15.9 Å². The number of phenols is 1. The number of aliphatic carboxylic acids is 1. The summed E-state index contributed by atoms with van der Waals surface area (Å²) in [7, 11) is 0. The van der Waals surface area contributed by atoms with E-state index in [1.165, 1.54) is 24.3 Å². The fourth-order valence-corrected chi connectivity index (χ4v) is 1.69. The van der Waals surface area contributed by atoms with Gasteiger partial charge >= 0.3 is 5.97 Å². The van der Waals surface area contributed by atoms with Gasteiger partial charge in [-0.15, -0.1) is 0 Å². The third-order valence-corrected chi connectivity index (χ3v) is 2.71. The molecule has 22 heavy (non-hydrogen) atoms. The van der Waals surface area contributed by atoms with Gasteiger partial charge in [-0.05, 0) is 35.9 Å². The molecular formula is C16H13NO5. The Labute approximate surface area is 126 Å². The predicted octanol–water partition coefficient (Wildman–Crippen LogP) is 2.15. The predicted molar refractivity (Wildman–Crippen MR) is 78.8 cm³/mol. The average molecular weight is 299 g/mol. The van der Waals surface area contributed by atoms with Crippen LogP contribution in [0.4, 0.5) is 0 Å². The number of carboxylic acids is 1. The monoisotopic (exact) mass is 299 g/mol. The summed E-state index contributed by atoms with van der Waals surface area (Å²) in [5.74, 6) is -1.61. The van der Waals surface area contributed by atoms with Crippen molar-refractivity contribution in [2.75, 3.05) is 6.61 Å². The van der Waals surface area contributed by atoms with Crippen molar-refractivity contribution in [3.8, 4) is 11.5 Å². The Morgan fingerprint density at radius 2 is 2.09 bits per heavy atom. The molecular weight excluding hydrogens is 286 g/mol. The van der Waals surface area contributed by atoms with Crippen molar-refractivity contribution in [2.24, 2.45) is 0 Å². The summed E-state index contributed by atoms with van der Waals surface area (Å²) in [5.41, 5.74) is 0.861. The number of ether oxygens (including phenoxy) is 1. The van der Waals surface area contributed by atoms with Crippen LogP contribution in [0.2, 0.25) is 0 Å². The number of hydrogen-bond donors (Lipinski definition) is 2. The molecule has 6 heteroatoms. The largest absolute Gasteiger partial charge is 0.507 e. The van der Waals surface area contributed by atoms with Gasteiger partial charge in [-0.2, -0.15) is 0 Å². The summed E-state index contributed by atoms with van der Waals surface area (Å²) in [6.07, 6.45) is 6.14. The van der Waals surface area contributed by atoms with Crippen LogP contribution in [0.5, 0.6) is 11.5 Å². The zero-order valence-corrected chi connectivity index (χ0v) is 11.5. The maximum atomic E-state index is 12.0. The van der Waals surface area contributed by atoms with Crippen LogP contribution in [-0.4, -0.2) is 33.6 Å². The van der Waals surface area contributed by atoms with E-state index in [-0.39, 0.29) is 22.8 Å². The lowest BCUT2D eigenvalue weighted by Crippen LogP contribution is -2.09. The number of hydrogen-bond acceptors (Lipinski definition) is 5. The first-order valence-corrected chi connectivity index (χ1v) is 6.36.